The Morgan fingerprint density at radius 3 is 2.55 bits per heavy atom. The van der Waals surface area contributed by atoms with E-state index in [4.69, 9.17) is 22.4 Å². The Morgan fingerprint density at radius 2 is 1.95 bits per heavy atom. The Labute approximate surface area is 117 Å². The Bertz CT molecular complexity index is 669. The molecule has 0 saturated carbocycles. The van der Waals surface area contributed by atoms with Crippen molar-refractivity contribution in [2.45, 2.75) is 0 Å². The molecule has 0 fully saturated rings. The largest absolute Gasteiger partial charge is 0.478 e. The second-order valence-corrected chi connectivity index (χ2v) is 4.39. The van der Waals surface area contributed by atoms with E-state index in [-0.39, 0.29) is 27.6 Å². The maximum Gasteiger partial charge on any atom is 0.337 e. The van der Waals surface area contributed by atoms with E-state index in [1.54, 1.807) is 0 Å². The summed E-state index contributed by atoms with van der Waals surface area (Å²) in [7, 11) is 0. The predicted molar refractivity (Wildman–Crippen MR) is 72.5 cm³/mol. The minimum absolute atomic E-state index is 0.0964. The minimum Gasteiger partial charge on any atom is -0.478 e. The zero-order valence-corrected chi connectivity index (χ0v) is 10.7. The molecule has 0 aliphatic heterocycles. The predicted octanol–water partition coefficient (Wildman–Crippen LogP) is 3.64. The van der Waals surface area contributed by atoms with Gasteiger partial charge in [-0.05, 0) is 24.3 Å². The second-order valence-electron chi connectivity index (χ2n) is 3.98. The van der Waals surface area contributed by atoms with Gasteiger partial charge < -0.3 is 16.2 Å². The first-order valence-electron chi connectivity index (χ1n) is 5.43. The Balaban J connectivity index is 2.48. The van der Waals surface area contributed by atoms with Gasteiger partial charge in [0.2, 0.25) is 0 Å². The normalized spacial score (nSPS) is 10.3. The average molecular weight is 299 g/mol. The summed E-state index contributed by atoms with van der Waals surface area (Å²) >= 11 is 5.73. The van der Waals surface area contributed by atoms with Crippen molar-refractivity contribution in [2.24, 2.45) is 0 Å². The summed E-state index contributed by atoms with van der Waals surface area (Å²) in [5.41, 5.74) is 5.49. The highest BCUT2D eigenvalue weighted by Crippen LogP contribution is 2.31. The van der Waals surface area contributed by atoms with Crippen LogP contribution in [-0.2, 0) is 0 Å². The van der Waals surface area contributed by atoms with Crippen LogP contribution in [0.15, 0.2) is 30.3 Å². The molecule has 0 spiro atoms. The fourth-order valence-corrected chi connectivity index (χ4v) is 1.89. The summed E-state index contributed by atoms with van der Waals surface area (Å²) in [6.45, 7) is 0. The Morgan fingerprint density at radius 1 is 1.25 bits per heavy atom. The van der Waals surface area contributed by atoms with E-state index in [1.807, 2.05) is 0 Å². The van der Waals surface area contributed by atoms with Gasteiger partial charge in [0.15, 0.2) is 5.82 Å². The van der Waals surface area contributed by atoms with Crippen LogP contribution in [0.2, 0.25) is 5.02 Å². The molecule has 2 aromatic rings. The van der Waals surface area contributed by atoms with Gasteiger partial charge in [0.05, 0.1) is 22.0 Å². The summed E-state index contributed by atoms with van der Waals surface area (Å²) in [6, 6.07) is 5.61. The summed E-state index contributed by atoms with van der Waals surface area (Å²) in [6.07, 6.45) is 0. The molecule has 0 unspecified atom stereocenters. The number of halogens is 3. The number of hydrogen-bond acceptors (Lipinski definition) is 3. The monoisotopic (exact) mass is 298 g/mol. The third-order valence-corrected chi connectivity index (χ3v) is 2.84. The van der Waals surface area contributed by atoms with Crippen LogP contribution in [0, 0.1) is 11.6 Å². The molecule has 0 saturated heterocycles. The molecule has 4 nitrogen and oxygen atoms in total. The lowest BCUT2D eigenvalue weighted by Gasteiger charge is -2.12. The van der Waals surface area contributed by atoms with Gasteiger partial charge in [-0.2, -0.15) is 0 Å². The molecular weight excluding hydrogens is 290 g/mol. The first-order chi connectivity index (χ1) is 9.38. The number of aromatic carboxylic acids is 1. The first kappa shape index (κ1) is 14.1. The molecule has 0 bridgehead atoms. The van der Waals surface area contributed by atoms with Crippen molar-refractivity contribution in [1.29, 1.82) is 0 Å². The highest BCUT2D eigenvalue weighted by molar-refractivity contribution is 6.33. The van der Waals surface area contributed by atoms with Crippen molar-refractivity contribution in [3.05, 3.63) is 52.6 Å². The Kier molecular flexibility index (Phi) is 3.76. The summed E-state index contributed by atoms with van der Waals surface area (Å²) in [5, 5.41) is 11.4. The van der Waals surface area contributed by atoms with Crippen molar-refractivity contribution < 1.29 is 18.7 Å². The van der Waals surface area contributed by atoms with E-state index in [9.17, 15) is 13.6 Å². The number of hydrogen-bond donors (Lipinski definition) is 3. The second kappa shape index (κ2) is 5.34. The topological polar surface area (TPSA) is 75.3 Å². The van der Waals surface area contributed by atoms with Crippen LogP contribution < -0.4 is 11.1 Å². The van der Waals surface area contributed by atoms with Gasteiger partial charge in [-0.25, -0.2) is 13.6 Å². The number of nitrogens with one attached hydrogen (secondary N) is 1. The van der Waals surface area contributed by atoms with Crippen LogP contribution in [0.4, 0.5) is 25.8 Å². The third-order valence-electron chi connectivity index (χ3n) is 2.54. The summed E-state index contributed by atoms with van der Waals surface area (Å²) in [4.78, 5) is 11.1. The van der Waals surface area contributed by atoms with Gasteiger partial charge in [-0.1, -0.05) is 11.6 Å². The number of carboxylic acid groups (broad SMARTS) is 1. The van der Waals surface area contributed by atoms with Gasteiger partial charge in [-0.3, -0.25) is 0 Å². The lowest BCUT2D eigenvalue weighted by atomic mass is 10.1. The highest BCUT2D eigenvalue weighted by atomic mass is 35.5. The SMILES string of the molecule is Nc1ccc(Nc2c(F)cc(F)cc2Cl)c(C(=O)O)c1. The zero-order valence-electron chi connectivity index (χ0n) is 9.95. The number of anilines is 3. The average Bonchev–Trinajstić information content (AvgIpc) is 2.34. The van der Waals surface area contributed by atoms with Crippen LogP contribution in [0.3, 0.4) is 0 Å². The van der Waals surface area contributed by atoms with Gasteiger partial charge in [0, 0.05) is 11.8 Å². The molecule has 4 N–H and O–H groups in total. The van der Waals surface area contributed by atoms with E-state index in [1.165, 1.54) is 18.2 Å². The van der Waals surface area contributed by atoms with E-state index in [0.29, 0.717) is 6.07 Å². The van der Waals surface area contributed by atoms with Crippen molar-refractivity contribution in [3.8, 4) is 0 Å². The quantitative estimate of drug-likeness (QED) is 0.756. The number of nitrogens with two attached hydrogens (primary N) is 1. The summed E-state index contributed by atoms with van der Waals surface area (Å²) in [5.74, 6) is -2.99. The van der Waals surface area contributed by atoms with Crippen molar-refractivity contribution in [1.82, 2.24) is 0 Å². The van der Waals surface area contributed by atoms with Gasteiger partial charge in [0.1, 0.15) is 5.82 Å². The first-order valence-corrected chi connectivity index (χ1v) is 5.80. The molecule has 0 radical (unpaired) electrons. The van der Waals surface area contributed by atoms with Crippen LogP contribution in [-0.4, -0.2) is 11.1 Å². The Hall–Kier alpha value is -2.34. The molecule has 0 aliphatic rings. The van der Waals surface area contributed by atoms with Gasteiger partial charge in [-0.15, -0.1) is 0 Å². The lowest BCUT2D eigenvalue weighted by Crippen LogP contribution is -2.05. The molecule has 0 amide bonds. The van der Waals surface area contributed by atoms with Crippen molar-refractivity contribution in [3.63, 3.8) is 0 Å². The minimum atomic E-state index is -1.24. The molecule has 20 heavy (non-hydrogen) atoms. The lowest BCUT2D eigenvalue weighted by molar-refractivity contribution is 0.0698. The molecule has 0 heterocycles. The number of benzene rings is 2. The molecule has 7 heteroatoms. The maximum atomic E-state index is 13.6. The van der Waals surface area contributed by atoms with Crippen molar-refractivity contribution >= 4 is 34.6 Å². The van der Waals surface area contributed by atoms with E-state index >= 15 is 0 Å². The zero-order chi connectivity index (χ0) is 14.9. The highest BCUT2D eigenvalue weighted by Gasteiger charge is 2.15. The van der Waals surface area contributed by atoms with Crippen LogP contribution >= 0.6 is 11.6 Å². The number of rotatable bonds is 3. The molecule has 104 valence electrons. The van der Waals surface area contributed by atoms with E-state index in [0.717, 1.165) is 6.07 Å². The number of nitrogen functional groups attached to an aromatic ring is 1. The van der Waals surface area contributed by atoms with E-state index < -0.39 is 17.6 Å². The molecule has 2 rings (SSSR count). The smallest absolute Gasteiger partial charge is 0.337 e. The van der Waals surface area contributed by atoms with Crippen LogP contribution in [0.25, 0.3) is 0 Å². The third kappa shape index (κ3) is 2.80. The molecule has 0 aliphatic carbocycles. The van der Waals surface area contributed by atoms with Crippen LogP contribution in [0.5, 0.6) is 0 Å². The van der Waals surface area contributed by atoms with Crippen molar-refractivity contribution in [2.75, 3.05) is 11.1 Å². The van der Waals surface area contributed by atoms with Gasteiger partial charge >= 0.3 is 5.97 Å². The molecule has 0 atom stereocenters. The fraction of sp³-hybridized carbons (Fsp3) is 0. The number of carbonyl (C=O) groups is 1. The van der Waals surface area contributed by atoms with E-state index in [2.05, 4.69) is 5.32 Å². The summed E-state index contributed by atoms with van der Waals surface area (Å²) < 4.78 is 26.6. The molecule has 2 aromatic carbocycles. The van der Waals surface area contributed by atoms with Crippen LogP contribution in [0.1, 0.15) is 10.4 Å². The fourth-order valence-electron chi connectivity index (χ4n) is 1.64. The maximum absolute atomic E-state index is 13.6. The number of carboxylic acids is 1. The standard InChI is InChI=1S/C13H9ClF2N2O2/c14-9-3-6(15)4-10(16)12(9)18-11-2-1-7(17)5-8(11)13(19)20/h1-5,18H,17H2,(H,19,20). The molecular formula is C13H9ClF2N2O2. The van der Waals surface area contributed by atoms with Gasteiger partial charge in [0.25, 0.3) is 0 Å². The molecule has 0 aromatic heterocycles.